The molecule has 2 atom stereocenters. The number of hydrogen-bond donors (Lipinski definition) is 3. The second kappa shape index (κ2) is 16.7. The number of alkyl carbamates (subject to hydrolysis) is 2. The lowest BCUT2D eigenvalue weighted by Gasteiger charge is -2.22. The number of carbonyl (C=O) groups is 4. The van der Waals surface area contributed by atoms with Gasteiger partial charge < -0.3 is 30.2 Å². The number of methoxy groups -OCH3 is 1. The van der Waals surface area contributed by atoms with Gasteiger partial charge in [0.1, 0.15) is 24.3 Å². The molecule has 11 heteroatoms. The average Bonchev–Trinajstić information content (AvgIpc) is 2.83. The van der Waals surface area contributed by atoms with Crippen molar-refractivity contribution in [3.05, 3.63) is 35.9 Å². The molecule has 1 aromatic carbocycles. The van der Waals surface area contributed by atoms with Crippen LogP contribution >= 0.6 is 11.8 Å². The van der Waals surface area contributed by atoms with Crippen LogP contribution in [0.15, 0.2) is 30.3 Å². The number of carbonyl (C=O) groups excluding carboxylic acids is 4. The van der Waals surface area contributed by atoms with Gasteiger partial charge in [0.2, 0.25) is 5.91 Å². The van der Waals surface area contributed by atoms with E-state index in [1.54, 1.807) is 20.8 Å². The largest absolute Gasteiger partial charge is 0.467 e. The Labute approximate surface area is 217 Å². The van der Waals surface area contributed by atoms with Gasteiger partial charge in [-0.25, -0.2) is 14.4 Å². The molecule has 1 aromatic rings. The van der Waals surface area contributed by atoms with Crippen molar-refractivity contribution in [2.45, 2.75) is 70.7 Å². The Balaban J connectivity index is 2.59. The first-order chi connectivity index (χ1) is 17.1. The fourth-order valence-corrected chi connectivity index (χ4v) is 3.52. The summed E-state index contributed by atoms with van der Waals surface area (Å²) in [4.78, 5) is 49.2. The van der Waals surface area contributed by atoms with Crippen LogP contribution in [0.3, 0.4) is 0 Å². The molecule has 0 bridgehead atoms. The normalized spacial score (nSPS) is 12.6. The van der Waals surface area contributed by atoms with Gasteiger partial charge in [0.05, 0.1) is 7.11 Å². The van der Waals surface area contributed by atoms with Gasteiger partial charge in [0.15, 0.2) is 0 Å². The van der Waals surface area contributed by atoms with Gasteiger partial charge in [-0.2, -0.15) is 11.8 Å². The summed E-state index contributed by atoms with van der Waals surface area (Å²) in [6.45, 7) is 5.77. The van der Waals surface area contributed by atoms with E-state index in [1.807, 2.05) is 36.6 Å². The third kappa shape index (κ3) is 13.8. The molecule has 0 aliphatic carbocycles. The molecule has 202 valence electrons. The van der Waals surface area contributed by atoms with Gasteiger partial charge in [-0.1, -0.05) is 30.3 Å². The molecule has 3 N–H and O–H groups in total. The van der Waals surface area contributed by atoms with E-state index in [9.17, 15) is 19.2 Å². The zero-order valence-corrected chi connectivity index (χ0v) is 22.6. The second-order valence-electron chi connectivity index (χ2n) is 9.05. The highest BCUT2D eigenvalue weighted by Crippen LogP contribution is 2.09. The van der Waals surface area contributed by atoms with Crippen LogP contribution in [-0.4, -0.2) is 67.4 Å². The molecule has 1 rings (SSSR count). The number of hydrogen-bond acceptors (Lipinski definition) is 8. The molecule has 0 saturated heterocycles. The molecule has 3 amide bonds. The van der Waals surface area contributed by atoms with E-state index in [0.717, 1.165) is 5.56 Å². The maximum Gasteiger partial charge on any atom is 0.408 e. The summed E-state index contributed by atoms with van der Waals surface area (Å²) in [6.07, 6.45) is 2.44. The quantitative estimate of drug-likeness (QED) is 0.191. The van der Waals surface area contributed by atoms with Crippen molar-refractivity contribution in [3.63, 3.8) is 0 Å². The minimum atomic E-state index is -0.886. The Morgan fingerprint density at radius 2 is 1.64 bits per heavy atom. The lowest BCUT2D eigenvalue weighted by molar-refractivity contribution is -0.145. The van der Waals surface area contributed by atoms with Crippen LogP contribution in [-0.2, 0) is 30.4 Å². The lowest BCUT2D eigenvalue weighted by atomic mass is 10.1. The fourth-order valence-electron chi connectivity index (χ4n) is 3.05. The number of rotatable bonds is 14. The van der Waals surface area contributed by atoms with E-state index in [1.165, 1.54) is 18.9 Å². The molecule has 0 heterocycles. The number of thioether (sulfide) groups is 1. The molecule has 0 fully saturated rings. The third-order valence-corrected chi connectivity index (χ3v) is 5.47. The number of ether oxygens (including phenoxy) is 3. The average molecular weight is 526 g/mol. The minimum absolute atomic E-state index is 0.0751. The Hall–Kier alpha value is -2.95. The Morgan fingerprint density at radius 3 is 2.25 bits per heavy atom. The first kappa shape index (κ1) is 31.1. The van der Waals surface area contributed by atoms with Crippen molar-refractivity contribution in [1.29, 1.82) is 0 Å². The number of nitrogens with one attached hydrogen (secondary N) is 3. The summed E-state index contributed by atoms with van der Waals surface area (Å²) in [5.74, 6) is -0.460. The number of amides is 3. The molecule has 0 aromatic heterocycles. The van der Waals surface area contributed by atoms with Crippen molar-refractivity contribution < 1.29 is 33.4 Å². The molecule has 0 saturated carbocycles. The molecular weight excluding hydrogens is 486 g/mol. The molecule has 0 spiro atoms. The molecular formula is C25H39N3O7S. The zero-order valence-electron chi connectivity index (χ0n) is 21.8. The van der Waals surface area contributed by atoms with Crippen LogP contribution in [0, 0.1) is 0 Å². The maximum atomic E-state index is 12.9. The Bertz CT molecular complexity index is 831. The van der Waals surface area contributed by atoms with E-state index in [0.29, 0.717) is 38.0 Å². The van der Waals surface area contributed by atoms with Crippen LogP contribution in [0.2, 0.25) is 0 Å². The highest BCUT2D eigenvalue weighted by atomic mass is 32.2. The lowest BCUT2D eigenvalue weighted by Crippen LogP contribution is -2.52. The number of unbranched alkanes of at least 4 members (excludes halogenated alkanes) is 1. The van der Waals surface area contributed by atoms with E-state index in [4.69, 9.17) is 14.2 Å². The predicted molar refractivity (Wildman–Crippen MR) is 139 cm³/mol. The molecule has 36 heavy (non-hydrogen) atoms. The molecule has 0 unspecified atom stereocenters. The first-order valence-electron chi connectivity index (χ1n) is 11.9. The number of esters is 1. The van der Waals surface area contributed by atoms with Gasteiger partial charge >= 0.3 is 18.2 Å². The summed E-state index contributed by atoms with van der Waals surface area (Å²) in [5, 5.41) is 7.93. The smallest absolute Gasteiger partial charge is 0.408 e. The molecule has 10 nitrogen and oxygen atoms in total. The van der Waals surface area contributed by atoms with Crippen molar-refractivity contribution in [2.75, 3.05) is 25.7 Å². The maximum absolute atomic E-state index is 12.9. The third-order valence-electron chi connectivity index (χ3n) is 4.82. The van der Waals surface area contributed by atoms with Crippen molar-refractivity contribution in [2.24, 2.45) is 0 Å². The highest BCUT2D eigenvalue weighted by Gasteiger charge is 2.27. The van der Waals surface area contributed by atoms with Gasteiger partial charge in [-0.3, -0.25) is 4.79 Å². The van der Waals surface area contributed by atoms with Crippen molar-refractivity contribution in [3.8, 4) is 0 Å². The van der Waals surface area contributed by atoms with Crippen LogP contribution in [0.5, 0.6) is 0 Å². The Kier molecular flexibility index (Phi) is 14.4. The second-order valence-corrected chi connectivity index (χ2v) is 10.0. The summed E-state index contributed by atoms with van der Waals surface area (Å²) in [7, 11) is 1.25. The zero-order chi connectivity index (χ0) is 27.0. The molecule has 0 aliphatic rings. The summed E-state index contributed by atoms with van der Waals surface area (Å²) in [5.41, 5.74) is 0.240. The standard InChI is InChI=1S/C25H39N3O7S/c1-25(2,3)35-23(31)26-15-10-9-13-20(22(30)33-4)27-21(29)19(14-16-36-5)28-24(32)34-17-18-11-7-6-8-12-18/h6-8,11-12,19-20H,9-10,13-17H2,1-5H3,(H,26,31)(H,27,29)(H,28,32)/t19-,20+/m1/s1. The highest BCUT2D eigenvalue weighted by molar-refractivity contribution is 7.98. The molecule has 0 aliphatic heterocycles. The Morgan fingerprint density at radius 1 is 0.944 bits per heavy atom. The van der Waals surface area contributed by atoms with Crippen LogP contribution in [0.1, 0.15) is 52.0 Å². The van der Waals surface area contributed by atoms with Gasteiger partial charge in [-0.15, -0.1) is 0 Å². The van der Waals surface area contributed by atoms with Crippen molar-refractivity contribution in [1.82, 2.24) is 16.0 Å². The van der Waals surface area contributed by atoms with Gasteiger partial charge in [0, 0.05) is 6.54 Å². The first-order valence-corrected chi connectivity index (χ1v) is 13.3. The summed E-state index contributed by atoms with van der Waals surface area (Å²) >= 11 is 1.53. The van der Waals surface area contributed by atoms with E-state index in [2.05, 4.69) is 16.0 Å². The topological polar surface area (TPSA) is 132 Å². The van der Waals surface area contributed by atoms with E-state index >= 15 is 0 Å². The summed E-state index contributed by atoms with van der Waals surface area (Å²) in [6, 6.07) is 7.44. The number of benzene rings is 1. The van der Waals surface area contributed by atoms with Crippen molar-refractivity contribution >= 4 is 35.8 Å². The minimum Gasteiger partial charge on any atom is -0.467 e. The van der Waals surface area contributed by atoms with E-state index in [-0.39, 0.29) is 6.61 Å². The van der Waals surface area contributed by atoms with E-state index < -0.39 is 41.7 Å². The SMILES string of the molecule is COC(=O)[C@H](CCCCNC(=O)OC(C)(C)C)NC(=O)[C@@H](CCSC)NC(=O)OCc1ccccc1. The monoisotopic (exact) mass is 525 g/mol. The van der Waals surface area contributed by atoms with Gasteiger partial charge in [0.25, 0.3) is 0 Å². The fraction of sp³-hybridized carbons (Fsp3) is 0.600. The summed E-state index contributed by atoms with van der Waals surface area (Å²) < 4.78 is 15.2. The molecule has 0 radical (unpaired) electrons. The van der Waals surface area contributed by atoms with Crippen LogP contribution in [0.4, 0.5) is 9.59 Å². The van der Waals surface area contributed by atoms with Gasteiger partial charge in [-0.05, 0) is 64.0 Å². The van der Waals surface area contributed by atoms with Crippen LogP contribution in [0.25, 0.3) is 0 Å². The predicted octanol–water partition coefficient (Wildman–Crippen LogP) is 3.39. The van der Waals surface area contributed by atoms with Crippen LogP contribution < -0.4 is 16.0 Å².